The van der Waals surface area contributed by atoms with E-state index in [2.05, 4.69) is 11.8 Å². The van der Waals surface area contributed by atoms with Crippen molar-refractivity contribution < 1.29 is 4.79 Å². The van der Waals surface area contributed by atoms with Gasteiger partial charge >= 0.3 is 0 Å². The fraction of sp³-hybridized carbons (Fsp3) is 0.235. The van der Waals surface area contributed by atoms with Crippen LogP contribution in [0.2, 0.25) is 5.02 Å². The maximum absolute atomic E-state index is 10.8. The maximum atomic E-state index is 10.8. The van der Waals surface area contributed by atoms with Crippen LogP contribution in [0.5, 0.6) is 0 Å². The Bertz CT molecular complexity index is 624. The fourth-order valence-electron chi connectivity index (χ4n) is 2.38. The van der Waals surface area contributed by atoms with Gasteiger partial charge in [0, 0.05) is 23.3 Å². The minimum absolute atomic E-state index is 0.157. The largest absolute Gasteiger partial charge is 0.368 e. The van der Waals surface area contributed by atoms with Gasteiger partial charge < -0.3 is 4.90 Å². The van der Waals surface area contributed by atoms with Crippen LogP contribution in [0.1, 0.15) is 34.5 Å². The number of halogens is 1. The van der Waals surface area contributed by atoms with Gasteiger partial charge in [-0.2, -0.15) is 0 Å². The first-order chi connectivity index (χ1) is 9.54. The molecule has 0 heterocycles. The third-order valence-corrected chi connectivity index (χ3v) is 4.02. The van der Waals surface area contributed by atoms with Crippen LogP contribution in [-0.4, -0.2) is 13.3 Å². The third-order valence-electron chi connectivity index (χ3n) is 3.67. The van der Waals surface area contributed by atoms with Crippen LogP contribution in [0.3, 0.4) is 0 Å². The normalized spacial score (nSPS) is 12.0. The monoisotopic (exact) mass is 287 g/mol. The average Bonchev–Trinajstić information content (AvgIpc) is 2.46. The quantitative estimate of drug-likeness (QED) is 0.762. The summed E-state index contributed by atoms with van der Waals surface area (Å²) in [5.41, 5.74) is 3.97. The first-order valence-corrected chi connectivity index (χ1v) is 6.95. The highest BCUT2D eigenvalue weighted by Gasteiger charge is 2.16. The molecule has 0 aliphatic rings. The molecular formula is C17H18ClNO. The van der Waals surface area contributed by atoms with E-state index in [1.807, 2.05) is 56.4 Å². The highest BCUT2D eigenvalue weighted by Crippen LogP contribution is 2.31. The predicted molar refractivity (Wildman–Crippen MR) is 84.8 cm³/mol. The Balaban J connectivity index is 2.34. The summed E-state index contributed by atoms with van der Waals surface area (Å²) in [7, 11) is 2.04. The highest BCUT2D eigenvalue weighted by atomic mass is 35.5. The van der Waals surface area contributed by atoms with Gasteiger partial charge in [0.1, 0.15) is 6.29 Å². The zero-order valence-electron chi connectivity index (χ0n) is 11.9. The molecule has 0 aliphatic heterocycles. The van der Waals surface area contributed by atoms with Crippen molar-refractivity contribution in [1.82, 2.24) is 0 Å². The lowest BCUT2D eigenvalue weighted by Gasteiger charge is -2.29. The van der Waals surface area contributed by atoms with Crippen LogP contribution in [0.4, 0.5) is 5.69 Å². The van der Waals surface area contributed by atoms with E-state index in [4.69, 9.17) is 11.6 Å². The lowest BCUT2D eigenvalue weighted by Crippen LogP contribution is -2.22. The molecule has 0 amide bonds. The molecule has 0 bridgehead atoms. The Labute approximate surface area is 125 Å². The van der Waals surface area contributed by atoms with Gasteiger partial charge in [-0.25, -0.2) is 0 Å². The van der Waals surface area contributed by atoms with Crippen LogP contribution in [-0.2, 0) is 0 Å². The number of carbonyl (C=O) groups excluding carboxylic acids is 1. The molecule has 2 aromatic rings. The van der Waals surface area contributed by atoms with E-state index in [9.17, 15) is 4.79 Å². The van der Waals surface area contributed by atoms with Crippen LogP contribution in [0, 0.1) is 6.92 Å². The zero-order valence-corrected chi connectivity index (χ0v) is 12.7. The first kappa shape index (κ1) is 14.6. The smallest absolute Gasteiger partial charge is 0.150 e. The molecule has 2 rings (SSSR count). The van der Waals surface area contributed by atoms with E-state index < -0.39 is 0 Å². The average molecular weight is 288 g/mol. The van der Waals surface area contributed by atoms with Crippen molar-refractivity contribution in [1.29, 1.82) is 0 Å². The lowest BCUT2D eigenvalue weighted by atomic mass is 10.0. The molecule has 0 fully saturated rings. The summed E-state index contributed by atoms with van der Waals surface area (Å²) >= 11 is 6.27. The van der Waals surface area contributed by atoms with Gasteiger partial charge in [-0.1, -0.05) is 29.8 Å². The fourth-order valence-corrected chi connectivity index (χ4v) is 2.67. The number of benzene rings is 2. The van der Waals surface area contributed by atoms with Crippen molar-refractivity contribution in [3.63, 3.8) is 0 Å². The maximum Gasteiger partial charge on any atom is 0.150 e. The number of hydrogen-bond acceptors (Lipinski definition) is 2. The van der Waals surface area contributed by atoms with E-state index in [0.29, 0.717) is 5.56 Å². The van der Waals surface area contributed by atoms with Crippen LogP contribution in [0.25, 0.3) is 0 Å². The van der Waals surface area contributed by atoms with Crippen molar-refractivity contribution in [3.05, 3.63) is 64.2 Å². The molecule has 3 heteroatoms. The minimum Gasteiger partial charge on any atom is -0.368 e. The molecule has 2 aromatic carbocycles. The summed E-state index contributed by atoms with van der Waals surface area (Å²) in [6.07, 6.45) is 0.869. The molecule has 0 aromatic heterocycles. The summed E-state index contributed by atoms with van der Waals surface area (Å²) in [6.45, 7) is 4.13. The molecular weight excluding hydrogens is 270 g/mol. The van der Waals surface area contributed by atoms with Crippen molar-refractivity contribution >= 4 is 23.6 Å². The van der Waals surface area contributed by atoms with Gasteiger partial charge in [-0.05, 0) is 49.2 Å². The number of rotatable bonds is 4. The summed E-state index contributed by atoms with van der Waals surface area (Å²) in [5, 5.41) is 0.772. The van der Waals surface area contributed by atoms with Crippen LogP contribution < -0.4 is 4.90 Å². The van der Waals surface area contributed by atoms with Gasteiger partial charge in [0.25, 0.3) is 0 Å². The number of aryl methyl sites for hydroxylation is 1. The molecule has 0 radical (unpaired) electrons. The summed E-state index contributed by atoms with van der Waals surface area (Å²) in [5.74, 6) is 0. The van der Waals surface area contributed by atoms with Gasteiger partial charge in [0.05, 0.1) is 6.04 Å². The lowest BCUT2D eigenvalue weighted by molar-refractivity contribution is 0.112. The standard InChI is InChI=1S/C17H18ClNO/c1-12-10-14(11-20)8-9-17(12)19(3)13(2)15-6-4-5-7-16(15)18/h4-11,13H,1-3H3. The topological polar surface area (TPSA) is 20.3 Å². The van der Waals surface area contributed by atoms with Gasteiger partial charge in [-0.3, -0.25) is 4.79 Å². The Morgan fingerprint density at radius 3 is 2.50 bits per heavy atom. The van der Waals surface area contributed by atoms with Crippen molar-refractivity contribution in [2.24, 2.45) is 0 Å². The number of hydrogen-bond donors (Lipinski definition) is 0. The van der Waals surface area contributed by atoms with Crippen molar-refractivity contribution in [3.8, 4) is 0 Å². The Hall–Kier alpha value is -1.80. The van der Waals surface area contributed by atoms with Gasteiger partial charge in [0.15, 0.2) is 0 Å². The Morgan fingerprint density at radius 2 is 1.90 bits per heavy atom. The van der Waals surface area contributed by atoms with E-state index in [1.165, 1.54) is 0 Å². The molecule has 2 nitrogen and oxygen atoms in total. The molecule has 1 unspecified atom stereocenters. The molecule has 0 saturated heterocycles. The molecule has 0 N–H and O–H groups in total. The van der Waals surface area contributed by atoms with Crippen LogP contribution >= 0.6 is 11.6 Å². The van der Waals surface area contributed by atoms with Gasteiger partial charge in [0.2, 0.25) is 0 Å². The Morgan fingerprint density at radius 1 is 1.20 bits per heavy atom. The van der Waals surface area contributed by atoms with Gasteiger partial charge in [-0.15, -0.1) is 0 Å². The van der Waals surface area contributed by atoms with E-state index >= 15 is 0 Å². The predicted octanol–water partition coefficient (Wildman–Crippen LogP) is 4.66. The SMILES string of the molecule is Cc1cc(C=O)ccc1N(C)C(C)c1ccccc1Cl. The molecule has 0 saturated carbocycles. The number of anilines is 1. The summed E-state index contributed by atoms with van der Waals surface area (Å²) in [4.78, 5) is 13.0. The second-order valence-electron chi connectivity index (χ2n) is 4.97. The molecule has 0 spiro atoms. The molecule has 0 aliphatic carbocycles. The van der Waals surface area contributed by atoms with E-state index in [0.717, 1.165) is 28.1 Å². The molecule has 1 atom stereocenters. The Kier molecular flexibility index (Phi) is 4.46. The second kappa shape index (κ2) is 6.10. The van der Waals surface area contributed by atoms with Crippen molar-refractivity contribution in [2.45, 2.75) is 19.9 Å². The zero-order chi connectivity index (χ0) is 14.7. The third kappa shape index (κ3) is 2.86. The van der Waals surface area contributed by atoms with Crippen molar-refractivity contribution in [2.75, 3.05) is 11.9 Å². The van der Waals surface area contributed by atoms with E-state index in [-0.39, 0.29) is 6.04 Å². The summed E-state index contributed by atoms with van der Waals surface area (Å²) < 4.78 is 0. The molecule has 104 valence electrons. The summed E-state index contributed by atoms with van der Waals surface area (Å²) in [6, 6.07) is 13.7. The van der Waals surface area contributed by atoms with Crippen LogP contribution in [0.15, 0.2) is 42.5 Å². The number of nitrogens with zero attached hydrogens (tertiary/aromatic N) is 1. The number of carbonyl (C=O) groups is 1. The van der Waals surface area contributed by atoms with E-state index in [1.54, 1.807) is 0 Å². The molecule has 20 heavy (non-hydrogen) atoms. The minimum atomic E-state index is 0.157. The highest BCUT2D eigenvalue weighted by molar-refractivity contribution is 6.31. The second-order valence-corrected chi connectivity index (χ2v) is 5.38. The first-order valence-electron chi connectivity index (χ1n) is 6.57. The number of aldehydes is 1.